The Morgan fingerprint density at radius 2 is 2.16 bits per heavy atom. The van der Waals surface area contributed by atoms with E-state index in [2.05, 4.69) is 21.0 Å². The number of benzene rings is 1. The van der Waals surface area contributed by atoms with Crippen LogP contribution in [0.4, 0.5) is 8.78 Å². The molecule has 2 rings (SSSR count). The van der Waals surface area contributed by atoms with Crippen LogP contribution >= 0.6 is 15.9 Å². The summed E-state index contributed by atoms with van der Waals surface area (Å²) in [5.74, 6) is -2.45. The molecule has 3 nitrogen and oxygen atoms in total. The lowest BCUT2D eigenvalue weighted by atomic mass is 10.1. The van der Waals surface area contributed by atoms with Crippen molar-refractivity contribution in [2.75, 3.05) is 0 Å². The van der Waals surface area contributed by atoms with Crippen LogP contribution in [0.1, 0.15) is 29.3 Å². The molecule has 0 aliphatic carbocycles. The molecule has 0 amide bonds. The van der Waals surface area contributed by atoms with Gasteiger partial charge in [-0.3, -0.25) is 9.48 Å². The molecule has 0 bridgehead atoms. The summed E-state index contributed by atoms with van der Waals surface area (Å²) in [5, 5.41) is 4.03. The van der Waals surface area contributed by atoms with Crippen LogP contribution in [-0.2, 0) is 6.54 Å². The largest absolute Gasteiger partial charge is 0.288 e. The summed E-state index contributed by atoms with van der Waals surface area (Å²) in [5.41, 5.74) is 0.426. The van der Waals surface area contributed by atoms with Crippen LogP contribution in [0.5, 0.6) is 0 Å². The van der Waals surface area contributed by atoms with Crippen LogP contribution in [0.25, 0.3) is 0 Å². The van der Waals surface area contributed by atoms with Crippen molar-refractivity contribution in [3.8, 4) is 0 Å². The van der Waals surface area contributed by atoms with Gasteiger partial charge in [0.05, 0.1) is 16.2 Å². The second-order valence-corrected chi connectivity index (χ2v) is 4.84. The van der Waals surface area contributed by atoms with E-state index in [-0.39, 0.29) is 10.0 Å². The monoisotopic (exact) mass is 328 g/mol. The highest BCUT2D eigenvalue weighted by atomic mass is 79.9. The Bertz CT molecular complexity index is 625. The molecule has 0 radical (unpaired) electrons. The fourth-order valence-electron chi connectivity index (χ4n) is 1.69. The Morgan fingerprint density at radius 1 is 1.42 bits per heavy atom. The van der Waals surface area contributed by atoms with E-state index in [9.17, 15) is 13.6 Å². The summed E-state index contributed by atoms with van der Waals surface area (Å²) in [7, 11) is 0. The molecule has 1 aromatic heterocycles. The lowest BCUT2D eigenvalue weighted by molar-refractivity contribution is 0.103. The minimum atomic E-state index is -1.06. The molecule has 0 spiro atoms. The standard InChI is InChI=1S/C13H11BrF2N2O/c1-2-5-18-7-8(6-17-18)13(19)9-3-4-10(15)12(16)11(9)14/h3-4,6-7H,2,5H2,1H3. The summed E-state index contributed by atoms with van der Waals surface area (Å²) >= 11 is 2.90. The van der Waals surface area contributed by atoms with Crippen molar-refractivity contribution in [1.82, 2.24) is 9.78 Å². The Kier molecular flexibility index (Phi) is 4.09. The molecule has 0 N–H and O–H groups in total. The van der Waals surface area contributed by atoms with Gasteiger partial charge in [-0.1, -0.05) is 6.92 Å². The molecular formula is C13H11BrF2N2O. The maximum atomic E-state index is 13.4. The number of carbonyl (C=O) groups is 1. The molecule has 1 aromatic carbocycles. The topological polar surface area (TPSA) is 34.9 Å². The van der Waals surface area contributed by atoms with Gasteiger partial charge in [0.1, 0.15) is 0 Å². The Labute approximate surface area is 117 Å². The quantitative estimate of drug-likeness (QED) is 0.635. The van der Waals surface area contributed by atoms with E-state index >= 15 is 0 Å². The second-order valence-electron chi connectivity index (χ2n) is 4.04. The summed E-state index contributed by atoms with van der Waals surface area (Å²) in [6.45, 7) is 2.70. The maximum absolute atomic E-state index is 13.4. The van der Waals surface area contributed by atoms with Crippen LogP contribution in [0.2, 0.25) is 0 Å². The highest BCUT2D eigenvalue weighted by Crippen LogP contribution is 2.25. The van der Waals surface area contributed by atoms with Gasteiger partial charge in [-0.05, 0) is 34.5 Å². The summed E-state index contributed by atoms with van der Waals surface area (Å²) < 4.78 is 27.9. The third kappa shape index (κ3) is 2.73. The van der Waals surface area contributed by atoms with Crippen LogP contribution in [0.15, 0.2) is 29.0 Å². The first-order valence-corrected chi connectivity index (χ1v) is 6.54. The molecule has 2 aromatic rings. The third-order valence-electron chi connectivity index (χ3n) is 2.63. The normalized spacial score (nSPS) is 10.7. The van der Waals surface area contributed by atoms with Gasteiger partial charge in [-0.25, -0.2) is 8.78 Å². The molecule has 6 heteroatoms. The molecule has 0 saturated carbocycles. The van der Waals surface area contributed by atoms with Gasteiger partial charge in [-0.15, -0.1) is 0 Å². The van der Waals surface area contributed by atoms with Crippen LogP contribution in [0, 0.1) is 11.6 Å². The van der Waals surface area contributed by atoms with Gasteiger partial charge in [0, 0.05) is 18.3 Å². The average Bonchev–Trinajstić information content (AvgIpc) is 2.85. The number of carbonyl (C=O) groups excluding carboxylic acids is 1. The number of aryl methyl sites for hydroxylation is 1. The van der Waals surface area contributed by atoms with Gasteiger partial charge < -0.3 is 0 Å². The molecular weight excluding hydrogens is 318 g/mol. The zero-order valence-electron chi connectivity index (χ0n) is 10.2. The van der Waals surface area contributed by atoms with Crippen LogP contribution in [-0.4, -0.2) is 15.6 Å². The fraction of sp³-hybridized carbons (Fsp3) is 0.231. The number of ketones is 1. The molecule has 100 valence electrons. The first-order chi connectivity index (χ1) is 9.04. The van der Waals surface area contributed by atoms with Crippen molar-refractivity contribution >= 4 is 21.7 Å². The smallest absolute Gasteiger partial charge is 0.197 e. The first kappa shape index (κ1) is 13.9. The maximum Gasteiger partial charge on any atom is 0.197 e. The molecule has 19 heavy (non-hydrogen) atoms. The van der Waals surface area contributed by atoms with E-state index in [4.69, 9.17) is 0 Å². The van der Waals surface area contributed by atoms with Crippen molar-refractivity contribution in [3.63, 3.8) is 0 Å². The summed E-state index contributed by atoms with van der Waals surface area (Å²) in [6.07, 6.45) is 3.91. The van der Waals surface area contributed by atoms with Gasteiger partial charge in [0.15, 0.2) is 17.4 Å². The van der Waals surface area contributed by atoms with Crippen molar-refractivity contribution < 1.29 is 13.6 Å². The zero-order valence-corrected chi connectivity index (χ0v) is 11.7. The average molecular weight is 329 g/mol. The molecule has 1 heterocycles. The number of hydrogen-bond acceptors (Lipinski definition) is 2. The van der Waals surface area contributed by atoms with Gasteiger partial charge in [0.2, 0.25) is 0 Å². The van der Waals surface area contributed by atoms with E-state index < -0.39 is 17.4 Å². The van der Waals surface area contributed by atoms with Crippen molar-refractivity contribution in [1.29, 1.82) is 0 Å². The van der Waals surface area contributed by atoms with Crippen molar-refractivity contribution in [2.24, 2.45) is 0 Å². The molecule has 0 fully saturated rings. The van der Waals surface area contributed by atoms with Crippen molar-refractivity contribution in [2.45, 2.75) is 19.9 Å². The second kappa shape index (κ2) is 5.61. The minimum absolute atomic E-state index is 0.0787. The van der Waals surface area contributed by atoms with Gasteiger partial charge in [-0.2, -0.15) is 5.10 Å². The van der Waals surface area contributed by atoms with Gasteiger partial charge >= 0.3 is 0 Å². The molecule has 0 atom stereocenters. The summed E-state index contributed by atoms with van der Waals surface area (Å²) in [6, 6.07) is 2.19. The molecule has 0 unspecified atom stereocenters. The Balaban J connectivity index is 2.36. The van der Waals surface area contributed by atoms with Crippen molar-refractivity contribution in [3.05, 3.63) is 51.8 Å². The Hall–Kier alpha value is -1.56. The number of halogens is 3. The van der Waals surface area contributed by atoms with E-state index in [0.717, 1.165) is 12.5 Å². The first-order valence-electron chi connectivity index (χ1n) is 5.75. The van der Waals surface area contributed by atoms with Crippen LogP contribution < -0.4 is 0 Å². The number of aromatic nitrogens is 2. The van der Waals surface area contributed by atoms with E-state index in [0.29, 0.717) is 12.1 Å². The summed E-state index contributed by atoms with van der Waals surface area (Å²) in [4.78, 5) is 12.2. The third-order valence-corrected chi connectivity index (χ3v) is 3.40. The number of nitrogens with zero attached hydrogens (tertiary/aromatic N) is 2. The molecule has 0 aliphatic heterocycles. The SMILES string of the molecule is CCCn1cc(C(=O)c2ccc(F)c(F)c2Br)cn1. The van der Waals surface area contributed by atoms with E-state index in [1.54, 1.807) is 10.9 Å². The lowest BCUT2D eigenvalue weighted by Crippen LogP contribution is -2.04. The fourth-order valence-corrected chi connectivity index (χ4v) is 2.19. The predicted octanol–water partition coefficient (Wildman–Crippen LogP) is 3.56. The number of rotatable bonds is 4. The Morgan fingerprint density at radius 3 is 2.84 bits per heavy atom. The number of hydrogen-bond donors (Lipinski definition) is 0. The van der Waals surface area contributed by atoms with Gasteiger partial charge in [0.25, 0.3) is 0 Å². The minimum Gasteiger partial charge on any atom is -0.288 e. The highest BCUT2D eigenvalue weighted by Gasteiger charge is 2.19. The van der Waals surface area contributed by atoms with E-state index in [1.165, 1.54) is 12.3 Å². The molecule has 0 aliphatic rings. The molecule has 0 saturated heterocycles. The van der Waals surface area contributed by atoms with E-state index in [1.807, 2.05) is 6.92 Å². The highest BCUT2D eigenvalue weighted by molar-refractivity contribution is 9.10. The predicted molar refractivity (Wildman–Crippen MR) is 70.0 cm³/mol. The lowest BCUT2D eigenvalue weighted by Gasteiger charge is -2.03. The van der Waals surface area contributed by atoms with Crippen LogP contribution in [0.3, 0.4) is 0 Å². The zero-order chi connectivity index (χ0) is 14.0.